The van der Waals surface area contributed by atoms with Crippen molar-refractivity contribution in [1.29, 1.82) is 0 Å². The van der Waals surface area contributed by atoms with Gasteiger partial charge in [-0.25, -0.2) is 12.8 Å². The van der Waals surface area contributed by atoms with Gasteiger partial charge in [0.2, 0.25) is 15.9 Å². The van der Waals surface area contributed by atoms with Crippen molar-refractivity contribution < 1.29 is 17.6 Å². The fourth-order valence-corrected chi connectivity index (χ4v) is 1.83. The Morgan fingerprint density at radius 3 is 2.59 bits per heavy atom. The summed E-state index contributed by atoms with van der Waals surface area (Å²) in [6, 6.07) is 4.03. The first-order chi connectivity index (χ1) is 7.78. The Morgan fingerprint density at radius 1 is 1.47 bits per heavy atom. The Hall–Kier alpha value is -1.63. The Morgan fingerprint density at radius 2 is 2.12 bits per heavy atom. The molecule has 3 N–H and O–H groups in total. The lowest BCUT2D eigenvalue weighted by atomic mass is 10.1. The summed E-state index contributed by atoms with van der Waals surface area (Å²) in [5.74, 6) is -1.15. The number of hydrogen-bond acceptors (Lipinski definition) is 3. The maximum absolute atomic E-state index is 13.5. The van der Waals surface area contributed by atoms with Gasteiger partial charge in [0, 0.05) is 6.42 Å². The van der Waals surface area contributed by atoms with Crippen LogP contribution < -0.4 is 10.5 Å². The SMILES string of the molecule is CS(=O)(=O)Nc1ccc(CCC(N)=O)cc1F. The molecule has 0 heterocycles. The summed E-state index contributed by atoms with van der Waals surface area (Å²) < 4.78 is 37.3. The number of hydrogen-bond donors (Lipinski definition) is 2. The van der Waals surface area contributed by atoms with Crippen LogP contribution in [0.3, 0.4) is 0 Å². The van der Waals surface area contributed by atoms with E-state index in [1.165, 1.54) is 12.1 Å². The standard InChI is InChI=1S/C10H13FN2O3S/c1-17(15,16)13-9-4-2-7(6-8(9)11)3-5-10(12)14/h2,4,6,13H,3,5H2,1H3,(H2,12,14). The summed E-state index contributed by atoms with van der Waals surface area (Å²) in [7, 11) is -3.50. The average molecular weight is 260 g/mol. The minimum atomic E-state index is -3.50. The zero-order chi connectivity index (χ0) is 13.1. The molecule has 17 heavy (non-hydrogen) atoms. The molecule has 0 radical (unpaired) electrons. The number of rotatable bonds is 5. The lowest BCUT2D eigenvalue weighted by Crippen LogP contribution is -2.12. The van der Waals surface area contributed by atoms with Crippen LogP contribution in [-0.2, 0) is 21.2 Å². The van der Waals surface area contributed by atoms with Crippen molar-refractivity contribution >= 4 is 21.6 Å². The lowest BCUT2D eigenvalue weighted by Gasteiger charge is -2.06. The van der Waals surface area contributed by atoms with Gasteiger partial charge in [0.25, 0.3) is 0 Å². The molecule has 0 unspecified atom stereocenters. The zero-order valence-corrected chi connectivity index (χ0v) is 10.1. The number of nitrogens with one attached hydrogen (secondary N) is 1. The van der Waals surface area contributed by atoms with Gasteiger partial charge in [-0.05, 0) is 24.1 Å². The molecule has 0 saturated heterocycles. The van der Waals surface area contributed by atoms with Crippen LogP contribution in [0.5, 0.6) is 0 Å². The predicted octanol–water partition coefficient (Wildman–Crippen LogP) is 0.615. The average Bonchev–Trinajstić information content (AvgIpc) is 2.17. The Bertz CT molecular complexity index is 528. The number of carbonyl (C=O) groups is 1. The Balaban J connectivity index is 2.83. The van der Waals surface area contributed by atoms with Crippen molar-refractivity contribution in [1.82, 2.24) is 0 Å². The molecule has 7 heteroatoms. The molecule has 94 valence electrons. The van der Waals surface area contributed by atoms with E-state index in [1.54, 1.807) is 6.07 Å². The third kappa shape index (κ3) is 4.81. The van der Waals surface area contributed by atoms with Crippen LogP contribution in [0.25, 0.3) is 0 Å². The molecule has 0 atom stereocenters. The van der Waals surface area contributed by atoms with Gasteiger partial charge in [0.1, 0.15) is 5.82 Å². The van der Waals surface area contributed by atoms with E-state index in [4.69, 9.17) is 5.73 Å². The normalized spacial score (nSPS) is 11.2. The van der Waals surface area contributed by atoms with Crippen LogP contribution in [-0.4, -0.2) is 20.6 Å². The Kier molecular flexibility index (Phi) is 4.06. The smallest absolute Gasteiger partial charge is 0.229 e. The lowest BCUT2D eigenvalue weighted by molar-refractivity contribution is -0.117. The number of aryl methyl sites for hydroxylation is 1. The highest BCUT2D eigenvalue weighted by molar-refractivity contribution is 7.92. The van der Waals surface area contributed by atoms with E-state index in [0.29, 0.717) is 12.0 Å². The number of nitrogens with two attached hydrogens (primary N) is 1. The summed E-state index contributed by atoms with van der Waals surface area (Å²) in [6.45, 7) is 0. The number of benzene rings is 1. The molecule has 5 nitrogen and oxygen atoms in total. The van der Waals surface area contributed by atoms with Gasteiger partial charge in [-0.15, -0.1) is 0 Å². The van der Waals surface area contributed by atoms with Crippen molar-refractivity contribution in [3.8, 4) is 0 Å². The van der Waals surface area contributed by atoms with Crippen LogP contribution >= 0.6 is 0 Å². The van der Waals surface area contributed by atoms with E-state index < -0.39 is 21.7 Å². The minimum absolute atomic E-state index is 0.115. The highest BCUT2D eigenvalue weighted by atomic mass is 32.2. The monoisotopic (exact) mass is 260 g/mol. The zero-order valence-electron chi connectivity index (χ0n) is 9.23. The van der Waals surface area contributed by atoms with Crippen LogP contribution in [0.15, 0.2) is 18.2 Å². The maximum Gasteiger partial charge on any atom is 0.229 e. The van der Waals surface area contributed by atoms with Crippen molar-refractivity contribution in [2.24, 2.45) is 5.73 Å². The van der Waals surface area contributed by atoms with E-state index in [2.05, 4.69) is 0 Å². The molecule has 1 amide bonds. The molecule has 0 saturated carbocycles. The van der Waals surface area contributed by atoms with Crippen molar-refractivity contribution in [3.63, 3.8) is 0 Å². The van der Waals surface area contributed by atoms with Crippen LogP contribution in [0.1, 0.15) is 12.0 Å². The third-order valence-electron chi connectivity index (χ3n) is 1.99. The van der Waals surface area contributed by atoms with Crippen LogP contribution in [0.2, 0.25) is 0 Å². The van der Waals surface area contributed by atoms with E-state index in [-0.39, 0.29) is 12.1 Å². The first-order valence-corrected chi connectivity index (χ1v) is 6.71. The minimum Gasteiger partial charge on any atom is -0.370 e. The van der Waals surface area contributed by atoms with Gasteiger partial charge >= 0.3 is 0 Å². The first kappa shape index (κ1) is 13.4. The van der Waals surface area contributed by atoms with E-state index >= 15 is 0 Å². The molecule has 0 bridgehead atoms. The molecule has 1 aromatic carbocycles. The molecule has 0 fully saturated rings. The Labute approximate surface area is 98.9 Å². The van der Waals surface area contributed by atoms with Crippen molar-refractivity contribution in [3.05, 3.63) is 29.6 Å². The second-order valence-electron chi connectivity index (χ2n) is 3.65. The predicted molar refractivity (Wildman–Crippen MR) is 62.4 cm³/mol. The number of anilines is 1. The molecule has 1 aromatic rings. The fourth-order valence-electron chi connectivity index (χ4n) is 1.26. The summed E-state index contributed by atoms with van der Waals surface area (Å²) in [4.78, 5) is 10.5. The van der Waals surface area contributed by atoms with Gasteiger partial charge in [0.15, 0.2) is 0 Å². The summed E-state index contributed by atoms with van der Waals surface area (Å²) >= 11 is 0. The molecule has 0 aliphatic heterocycles. The number of sulfonamides is 1. The molecular weight excluding hydrogens is 247 g/mol. The quantitative estimate of drug-likeness (QED) is 0.813. The largest absolute Gasteiger partial charge is 0.370 e. The van der Waals surface area contributed by atoms with Crippen molar-refractivity contribution in [2.45, 2.75) is 12.8 Å². The maximum atomic E-state index is 13.5. The number of amides is 1. The van der Waals surface area contributed by atoms with Crippen LogP contribution in [0.4, 0.5) is 10.1 Å². The molecule has 0 aliphatic rings. The second-order valence-corrected chi connectivity index (χ2v) is 5.40. The van der Waals surface area contributed by atoms with E-state index in [9.17, 15) is 17.6 Å². The van der Waals surface area contributed by atoms with Gasteiger partial charge in [-0.1, -0.05) is 6.07 Å². The molecular formula is C10H13FN2O3S. The summed E-state index contributed by atoms with van der Waals surface area (Å²) in [5, 5.41) is 0. The number of halogens is 1. The van der Waals surface area contributed by atoms with Gasteiger partial charge in [0.05, 0.1) is 11.9 Å². The molecule has 0 aliphatic carbocycles. The topological polar surface area (TPSA) is 89.3 Å². The summed E-state index contributed by atoms with van der Waals surface area (Å²) in [5.41, 5.74) is 5.44. The third-order valence-corrected chi connectivity index (χ3v) is 2.58. The van der Waals surface area contributed by atoms with Gasteiger partial charge in [-0.2, -0.15) is 0 Å². The molecule has 1 rings (SSSR count). The second kappa shape index (κ2) is 5.13. The van der Waals surface area contributed by atoms with E-state index in [0.717, 1.165) is 6.26 Å². The molecule has 0 spiro atoms. The van der Waals surface area contributed by atoms with Crippen LogP contribution in [0, 0.1) is 5.82 Å². The van der Waals surface area contributed by atoms with Crippen molar-refractivity contribution in [2.75, 3.05) is 11.0 Å². The summed E-state index contributed by atoms with van der Waals surface area (Å²) in [6.07, 6.45) is 1.39. The highest BCUT2D eigenvalue weighted by Gasteiger charge is 2.08. The first-order valence-electron chi connectivity index (χ1n) is 4.82. The van der Waals surface area contributed by atoms with Gasteiger partial charge < -0.3 is 5.73 Å². The molecule has 0 aromatic heterocycles. The highest BCUT2D eigenvalue weighted by Crippen LogP contribution is 2.17. The van der Waals surface area contributed by atoms with Gasteiger partial charge in [-0.3, -0.25) is 9.52 Å². The fraction of sp³-hybridized carbons (Fsp3) is 0.300. The van der Waals surface area contributed by atoms with E-state index in [1.807, 2.05) is 4.72 Å². The number of carbonyl (C=O) groups excluding carboxylic acids is 1. The number of primary amides is 1.